The van der Waals surface area contributed by atoms with Crippen molar-refractivity contribution in [2.45, 2.75) is 12.4 Å². The minimum atomic E-state index is 0.208. The second-order valence-electron chi connectivity index (χ2n) is 6.26. The molecular weight excluding hydrogens is 394 g/mol. The van der Waals surface area contributed by atoms with Crippen molar-refractivity contribution in [3.63, 3.8) is 0 Å². The second-order valence-corrected chi connectivity index (χ2v) is 6.53. The summed E-state index contributed by atoms with van der Waals surface area (Å²) < 4.78 is 17.8. The number of nitrogens with one attached hydrogen (secondary N) is 1. The Kier molecular flexibility index (Phi) is 5.26. The molecule has 0 aliphatic heterocycles. The summed E-state index contributed by atoms with van der Waals surface area (Å²) >= 11 is 5.97. The zero-order chi connectivity index (χ0) is 20.4. The Balaban J connectivity index is 1.79. The fraction of sp³-hybridized carbons (Fsp3) is 0.250. The van der Waals surface area contributed by atoms with Gasteiger partial charge >= 0.3 is 0 Å². The monoisotopic (exact) mass is 413 g/mol. The number of nitrogens with zero attached hydrogens (tertiary/aromatic N) is 4. The van der Waals surface area contributed by atoms with Gasteiger partial charge in [0.05, 0.1) is 27.2 Å². The molecule has 1 N–H and O–H groups in total. The molecule has 4 rings (SSSR count). The van der Waals surface area contributed by atoms with Crippen LogP contribution in [-0.4, -0.2) is 40.9 Å². The number of hydrogen-bond donors (Lipinski definition) is 1. The first kappa shape index (κ1) is 19.1. The Morgan fingerprint density at radius 1 is 1.00 bits per heavy atom. The van der Waals surface area contributed by atoms with Crippen LogP contribution in [-0.2, 0) is 12.4 Å². The number of fused-ring (bicyclic) bond motifs is 3. The van der Waals surface area contributed by atoms with Crippen molar-refractivity contribution >= 4 is 34.1 Å². The van der Waals surface area contributed by atoms with Gasteiger partial charge in [0.2, 0.25) is 5.95 Å². The number of aromatic nitrogens is 4. The molecule has 0 amide bonds. The van der Waals surface area contributed by atoms with E-state index in [0.717, 1.165) is 10.9 Å². The SMILES string of the molecule is COc1cc(CNc2nc3c(OC)cccc3c3nc(CCl)nn23)cc(OC)c1. The van der Waals surface area contributed by atoms with Crippen LogP contribution >= 0.6 is 11.6 Å². The average molecular weight is 414 g/mol. The first-order valence-corrected chi connectivity index (χ1v) is 9.44. The Bertz CT molecular complexity index is 1160. The molecule has 2 aromatic heterocycles. The molecule has 4 aromatic rings. The van der Waals surface area contributed by atoms with E-state index < -0.39 is 0 Å². The third-order valence-corrected chi connectivity index (χ3v) is 4.75. The highest BCUT2D eigenvalue weighted by Crippen LogP contribution is 2.29. The quantitative estimate of drug-likeness (QED) is 0.463. The zero-order valence-corrected chi connectivity index (χ0v) is 17.0. The van der Waals surface area contributed by atoms with Gasteiger partial charge in [-0.2, -0.15) is 4.52 Å². The molecule has 0 atom stereocenters. The van der Waals surface area contributed by atoms with Crippen molar-refractivity contribution in [1.82, 2.24) is 19.6 Å². The molecule has 0 radical (unpaired) electrons. The summed E-state index contributed by atoms with van der Waals surface area (Å²) in [5, 5.41) is 8.64. The van der Waals surface area contributed by atoms with E-state index in [-0.39, 0.29) is 5.88 Å². The molecule has 9 heteroatoms. The maximum absolute atomic E-state index is 5.97. The average Bonchev–Trinajstić information content (AvgIpc) is 3.21. The smallest absolute Gasteiger partial charge is 0.226 e. The van der Waals surface area contributed by atoms with E-state index >= 15 is 0 Å². The van der Waals surface area contributed by atoms with E-state index in [1.165, 1.54) is 0 Å². The molecule has 0 saturated carbocycles. The molecule has 2 heterocycles. The van der Waals surface area contributed by atoms with Gasteiger partial charge in [0.1, 0.15) is 22.8 Å². The lowest BCUT2D eigenvalue weighted by atomic mass is 10.2. The summed E-state index contributed by atoms with van der Waals surface area (Å²) in [5.41, 5.74) is 2.32. The predicted molar refractivity (Wildman–Crippen MR) is 111 cm³/mol. The molecule has 0 saturated heterocycles. The maximum atomic E-state index is 5.97. The fourth-order valence-electron chi connectivity index (χ4n) is 3.13. The standard InChI is InChI=1S/C20H20ClN5O3/c1-27-13-7-12(8-14(9-13)28-2)11-22-20-24-18-15(5-4-6-16(18)29-3)19-23-17(10-21)25-26(19)20/h4-9H,10-11H2,1-3H3,(H,22,24). The number of benzene rings is 2. The number of anilines is 1. The first-order chi connectivity index (χ1) is 14.2. The highest BCUT2D eigenvalue weighted by molar-refractivity contribution is 6.16. The molecule has 0 bridgehead atoms. The van der Waals surface area contributed by atoms with Gasteiger partial charge in [0, 0.05) is 18.0 Å². The molecule has 0 fully saturated rings. The second kappa shape index (κ2) is 8.00. The highest BCUT2D eigenvalue weighted by atomic mass is 35.5. The number of hydrogen-bond acceptors (Lipinski definition) is 7. The van der Waals surface area contributed by atoms with Crippen molar-refractivity contribution < 1.29 is 14.2 Å². The summed E-state index contributed by atoms with van der Waals surface area (Å²) in [7, 11) is 4.86. The van der Waals surface area contributed by atoms with Crippen LogP contribution in [0.2, 0.25) is 0 Å². The highest BCUT2D eigenvalue weighted by Gasteiger charge is 2.15. The Morgan fingerprint density at radius 3 is 2.41 bits per heavy atom. The van der Waals surface area contributed by atoms with E-state index in [1.807, 2.05) is 36.4 Å². The van der Waals surface area contributed by atoms with Crippen LogP contribution in [0, 0.1) is 0 Å². The molecule has 2 aromatic carbocycles. The summed E-state index contributed by atoms with van der Waals surface area (Å²) in [6.07, 6.45) is 0. The van der Waals surface area contributed by atoms with Crippen LogP contribution in [0.15, 0.2) is 36.4 Å². The van der Waals surface area contributed by atoms with Crippen molar-refractivity contribution in [3.8, 4) is 17.2 Å². The van der Waals surface area contributed by atoms with Gasteiger partial charge in [-0.1, -0.05) is 6.07 Å². The van der Waals surface area contributed by atoms with E-state index in [2.05, 4.69) is 15.4 Å². The lowest BCUT2D eigenvalue weighted by Gasteiger charge is -2.12. The van der Waals surface area contributed by atoms with Crippen LogP contribution in [0.25, 0.3) is 16.6 Å². The number of para-hydroxylation sites is 1. The molecule has 29 heavy (non-hydrogen) atoms. The minimum Gasteiger partial charge on any atom is -0.497 e. The van der Waals surface area contributed by atoms with Gasteiger partial charge in [-0.05, 0) is 29.8 Å². The lowest BCUT2D eigenvalue weighted by molar-refractivity contribution is 0.393. The predicted octanol–water partition coefficient (Wildman–Crippen LogP) is 3.65. The number of alkyl halides is 1. The summed E-state index contributed by atoms with van der Waals surface area (Å²) in [6.45, 7) is 0.479. The molecule has 8 nitrogen and oxygen atoms in total. The molecule has 0 unspecified atom stereocenters. The molecule has 150 valence electrons. The lowest BCUT2D eigenvalue weighted by Crippen LogP contribution is -2.09. The number of halogens is 1. The number of methoxy groups -OCH3 is 3. The third kappa shape index (κ3) is 3.58. The molecule has 0 aliphatic rings. The van der Waals surface area contributed by atoms with Gasteiger partial charge in [0.25, 0.3) is 0 Å². The van der Waals surface area contributed by atoms with E-state index in [9.17, 15) is 0 Å². The van der Waals surface area contributed by atoms with Gasteiger partial charge in [0.15, 0.2) is 11.5 Å². The van der Waals surface area contributed by atoms with E-state index in [1.54, 1.807) is 25.8 Å². The largest absolute Gasteiger partial charge is 0.497 e. The van der Waals surface area contributed by atoms with E-state index in [0.29, 0.717) is 46.7 Å². The Morgan fingerprint density at radius 2 is 1.76 bits per heavy atom. The number of ether oxygens (including phenoxy) is 3. The topological polar surface area (TPSA) is 82.8 Å². The summed E-state index contributed by atoms with van der Waals surface area (Å²) in [4.78, 5) is 9.29. The molecule has 0 aliphatic carbocycles. The third-order valence-electron chi connectivity index (χ3n) is 4.51. The van der Waals surface area contributed by atoms with Crippen molar-refractivity contribution in [2.24, 2.45) is 0 Å². The van der Waals surface area contributed by atoms with Crippen LogP contribution in [0.3, 0.4) is 0 Å². The van der Waals surface area contributed by atoms with Gasteiger partial charge < -0.3 is 19.5 Å². The van der Waals surface area contributed by atoms with E-state index in [4.69, 9.17) is 30.8 Å². The molecule has 0 spiro atoms. The maximum Gasteiger partial charge on any atom is 0.226 e. The zero-order valence-electron chi connectivity index (χ0n) is 16.3. The van der Waals surface area contributed by atoms with Gasteiger partial charge in [-0.3, -0.25) is 0 Å². The molecular formula is C20H20ClN5O3. The normalized spacial score (nSPS) is 11.0. The number of rotatable bonds is 7. The van der Waals surface area contributed by atoms with Crippen LogP contribution in [0.5, 0.6) is 17.2 Å². The summed E-state index contributed by atoms with van der Waals surface area (Å²) in [6, 6.07) is 11.4. The van der Waals surface area contributed by atoms with Crippen molar-refractivity contribution in [1.29, 1.82) is 0 Å². The fourth-order valence-corrected chi connectivity index (χ4v) is 3.25. The van der Waals surface area contributed by atoms with Crippen molar-refractivity contribution in [2.75, 3.05) is 26.6 Å². The minimum absolute atomic E-state index is 0.208. The van der Waals surface area contributed by atoms with Crippen LogP contribution < -0.4 is 19.5 Å². The van der Waals surface area contributed by atoms with Crippen LogP contribution in [0.1, 0.15) is 11.4 Å². The summed E-state index contributed by atoms with van der Waals surface area (Å²) in [5.74, 6) is 3.35. The van der Waals surface area contributed by atoms with Crippen LogP contribution in [0.4, 0.5) is 5.95 Å². The first-order valence-electron chi connectivity index (χ1n) is 8.91. The van der Waals surface area contributed by atoms with Gasteiger partial charge in [-0.25, -0.2) is 9.97 Å². The Hall–Kier alpha value is -3.26. The van der Waals surface area contributed by atoms with Gasteiger partial charge in [-0.15, -0.1) is 16.7 Å². The van der Waals surface area contributed by atoms with Crippen molar-refractivity contribution in [3.05, 3.63) is 47.8 Å². The Labute approximate surface area is 172 Å².